The Bertz CT molecular complexity index is 828. The van der Waals surface area contributed by atoms with Gasteiger partial charge in [0.15, 0.2) is 17.6 Å². The van der Waals surface area contributed by atoms with Crippen LogP contribution in [0.15, 0.2) is 47.1 Å². The summed E-state index contributed by atoms with van der Waals surface area (Å²) in [5.41, 5.74) is 0.894. The zero-order valence-corrected chi connectivity index (χ0v) is 15.0. The van der Waals surface area contributed by atoms with Crippen LogP contribution < -0.4 is 10.6 Å². The zero-order chi connectivity index (χ0) is 19.8. The maximum atomic E-state index is 12.1. The van der Waals surface area contributed by atoms with Crippen LogP contribution in [0.3, 0.4) is 0 Å². The molecule has 0 bridgehead atoms. The molecule has 0 spiro atoms. The standard InChI is InChI=1S/C19H20N2O6/c1-12(22)14-5-3-6-15(11-14)21-18(24)13(2)27-17(23)8-9-20-19(25)16-7-4-10-26-16/h3-7,10-11,13H,8-9H2,1-2H3,(H,20,25)(H,21,24). The molecule has 2 N–H and O–H groups in total. The van der Waals surface area contributed by atoms with Crippen molar-refractivity contribution in [1.82, 2.24) is 5.32 Å². The number of carbonyl (C=O) groups excluding carboxylic acids is 4. The molecule has 8 heteroatoms. The molecule has 1 heterocycles. The summed E-state index contributed by atoms with van der Waals surface area (Å²) >= 11 is 0. The number of ketones is 1. The van der Waals surface area contributed by atoms with E-state index < -0.39 is 23.9 Å². The van der Waals surface area contributed by atoms with E-state index in [0.717, 1.165) is 0 Å². The fourth-order valence-corrected chi connectivity index (χ4v) is 2.14. The SMILES string of the molecule is CC(=O)c1cccc(NC(=O)C(C)OC(=O)CCNC(=O)c2ccco2)c1. The van der Waals surface area contributed by atoms with E-state index in [9.17, 15) is 19.2 Å². The monoisotopic (exact) mass is 372 g/mol. The summed E-state index contributed by atoms with van der Waals surface area (Å²) in [6.07, 6.45) is 0.249. The second kappa shape index (κ2) is 9.33. The number of rotatable bonds is 8. The number of Topliss-reactive ketones (excluding diaryl/α,β-unsaturated/α-hetero) is 1. The molecular weight excluding hydrogens is 352 g/mol. The van der Waals surface area contributed by atoms with Crippen molar-refractivity contribution < 1.29 is 28.3 Å². The number of hydrogen-bond acceptors (Lipinski definition) is 6. The van der Waals surface area contributed by atoms with Gasteiger partial charge < -0.3 is 19.8 Å². The maximum absolute atomic E-state index is 12.1. The van der Waals surface area contributed by atoms with Crippen molar-refractivity contribution in [1.29, 1.82) is 0 Å². The molecule has 0 saturated heterocycles. The number of furan rings is 1. The van der Waals surface area contributed by atoms with Crippen LogP contribution in [0, 0.1) is 0 Å². The van der Waals surface area contributed by atoms with Crippen molar-refractivity contribution in [3.05, 3.63) is 54.0 Å². The minimum absolute atomic E-state index is 0.0490. The summed E-state index contributed by atoms with van der Waals surface area (Å²) in [6, 6.07) is 9.53. The van der Waals surface area contributed by atoms with Crippen molar-refractivity contribution in [2.75, 3.05) is 11.9 Å². The van der Waals surface area contributed by atoms with E-state index in [-0.39, 0.29) is 24.5 Å². The van der Waals surface area contributed by atoms with Crippen molar-refractivity contribution in [2.45, 2.75) is 26.4 Å². The van der Waals surface area contributed by atoms with Gasteiger partial charge in [0.05, 0.1) is 12.7 Å². The van der Waals surface area contributed by atoms with Gasteiger partial charge in [-0.15, -0.1) is 0 Å². The summed E-state index contributed by atoms with van der Waals surface area (Å²) in [6.45, 7) is 2.91. The van der Waals surface area contributed by atoms with E-state index in [4.69, 9.17) is 9.15 Å². The average molecular weight is 372 g/mol. The summed E-state index contributed by atoms with van der Waals surface area (Å²) < 4.78 is 9.97. The van der Waals surface area contributed by atoms with Gasteiger partial charge >= 0.3 is 5.97 Å². The van der Waals surface area contributed by atoms with Crippen LogP contribution in [-0.2, 0) is 14.3 Å². The molecule has 1 atom stereocenters. The summed E-state index contributed by atoms with van der Waals surface area (Å²) in [4.78, 5) is 46.9. The van der Waals surface area contributed by atoms with Gasteiger partial charge in [-0.25, -0.2) is 0 Å². The molecule has 1 aromatic heterocycles. The molecular formula is C19H20N2O6. The van der Waals surface area contributed by atoms with E-state index in [2.05, 4.69) is 10.6 Å². The second-order valence-electron chi connectivity index (χ2n) is 5.74. The molecule has 0 saturated carbocycles. The summed E-state index contributed by atoms with van der Waals surface area (Å²) in [5.74, 6) is -1.58. The number of ether oxygens (including phenoxy) is 1. The second-order valence-corrected chi connectivity index (χ2v) is 5.74. The normalized spacial score (nSPS) is 11.3. The first-order valence-corrected chi connectivity index (χ1v) is 8.30. The van der Waals surface area contributed by atoms with Crippen molar-refractivity contribution in [2.24, 2.45) is 0 Å². The highest BCUT2D eigenvalue weighted by Crippen LogP contribution is 2.12. The minimum atomic E-state index is -1.03. The number of carbonyl (C=O) groups is 4. The van der Waals surface area contributed by atoms with Gasteiger partial charge in [0.2, 0.25) is 0 Å². The quantitative estimate of drug-likeness (QED) is 0.542. The number of amides is 2. The van der Waals surface area contributed by atoms with E-state index in [1.165, 1.54) is 26.2 Å². The molecule has 0 aliphatic heterocycles. The molecule has 8 nitrogen and oxygen atoms in total. The first-order chi connectivity index (χ1) is 12.9. The average Bonchev–Trinajstić information content (AvgIpc) is 3.16. The third-order valence-electron chi connectivity index (χ3n) is 3.57. The Kier molecular flexibility index (Phi) is 6.87. The fraction of sp³-hybridized carbons (Fsp3) is 0.263. The molecule has 0 radical (unpaired) electrons. The van der Waals surface area contributed by atoms with E-state index in [1.807, 2.05) is 0 Å². The largest absolute Gasteiger partial charge is 0.459 e. The van der Waals surface area contributed by atoms with Crippen molar-refractivity contribution >= 4 is 29.3 Å². The lowest BCUT2D eigenvalue weighted by atomic mass is 10.1. The maximum Gasteiger partial charge on any atom is 0.308 e. The Morgan fingerprint density at radius 1 is 1.15 bits per heavy atom. The zero-order valence-electron chi connectivity index (χ0n) is 15.0. The molecule has 142 valence electrons. The Morgan fingerprint density at radius 3 is 2.59 bits per heavy atom. The van der Waals surface area contributed by atoms with Crippen molar-refractivity contribution in [3.8, 4) is 0 Å². The van der Waals surface area contributed by atoms with Crippen LogP contribution in [-0.4, -0.2) is 36.2 Å². The topological polar surface area (TPSA) is 115 Å². The smallest absolute Gasteiger partial charge is 0.308 e. The van der Waals surface area contributed by atoms with Gasteiger partial charge in [0, 0.05) is 17.8 Å². The van der Waals surface area contributed by atoms with Gasteiger partial charge in [-0.2, -0.15) is 0 Å². The van der Waals surface area contributed by atoms with Crippen LogP contribution in [0.5, 0.6) is 0 Å². The van der Waals surface area contributed by atoms with Crippen LogP contribution in [0.1, 0.15) is 41.2 Å². The highest BCUT2D eigenvalue weighted by atomic mass is 16.5. The van der Waals surface area contributed by atoms with Gasteiger partial charge in [-0.3, -0.25) is 19.2 Å². The molecule has 0 aliphatic rings. The number of hydrogen-bond donors (Lipinski definition) is 2. The fourth-order valence-electron chi connectivity index (χ4n) is 2.14. The molecule has 2 rings (SSSR count). The molecule has 1 unspecified atom stereocenters. The molecule has 27 heavy (non-hydrogen) atoms. The lowest BCUT2D eigenvalue weighted by Gasteiger charge is -2.14. The molecule has 1 aromatic carbocycles. The van der Waals surface area contributed by atoms with Crippen LogP contribution >= 0.6 is 0 Å². The summed E-state index contributed by atoms with van der Waals surface area (Å²) in [5, 5.41) is 5.09. The van der Waals surface area contributed by atoms with E-state index in [0.29, 0.717) is 11.3 Å². The number of anilines is 1. The molecule has 2 aromatic rings. The lowest BCUT2D eigenvalue weighted by Crippen LogP contribution is -2.32. The minimum Gasteiger partial charge on any atom is -0.459 e. The molecule has 0 aliphatic carbocycles. The van der Waals surface area contributed by atoms with Gasteiger partial charge in [0.1, 0.15) is 0 Å². The highest BCUT2D eigenvalue weighted by molar-refractivity contribution is 5.98. The molecule has 0 fully saturated rings. The number of esters is 1. The third kappa shape index (κ3) is 6.10. The van der Waals surface area contributed by atoms with E-state index >= 15 is 0 Å². The van der Waals surface area contributed by atoms with Crippen LogP contribution in [0.4, 0.5) is 5.69 Å². The van der Waals surface area contributed by atoms with Crippen molar-refractivity contribution in [3.63, 3.8) is 0 Å². The van der Waals surface area contributed by atoms with Crippen LogP contribution in [0.25, 0.3) is 0 Å². The number of nitrogens with one attached hydrogen (secondary N) is 2. The number of benzene rings is 1. The third-order valence-corrected chi connectivity index (χ3v) is 3.57. The van der Waals surface area contributed by atoms with Gasteiger partial charge in [-0.1, -0.05) is 12.1 Å². The first kappa shape index (κ1) is 19.9. The Labute approximate surface area is 155 Å². The van der Waals surface area contributed by atoms with Crippen LogP contribution in [0.2, 0.25) is 0 Å². The van der Waals surface area contributed by atoms with Gasteiger partial charge in [0.25, 0.3) is 11.8 Å². The Hall–Kier alpha value is -3.42. The lowest BCUT2D eigenvalue weighted by molar-refractivity contribution is -0.153. The molecule has 2 amide bonds. The van der Waals surface area contributed by atoms with Gasteiger partial charge in [-0.05, 0) is 38.1 Å². The Morgan fingerprint density at radius 2 is 1.93 bits per heavy atom. The Balaban J connectivity index is 1.76. The predicted octanol–water partition coefficient (Wildman–Crippen LogP) is 2.17. The summed E-state index contributed by atoms with van der Waals surface area (Å²) in [7, 11) is 0. The predicted molar refractivity (Wildman–Crippen MR) is 96.3 cm³/mol. The van der Waals surface area contributed by atoms with E-state index in [1.54, 1.807) is 30.3 Å². The first-order valence-electron chi connectivity index (χ1n) is 8.30. The highest BCUT2D eigenvalue weighted by Gasteiger charge is 2.18.